The zero-order valence-corrected chi connectivity index (χ0v) is 19.1. The molecule has 1 fully saturated rings. The van der Waals surface area contributed by atoms with E-state index in [0.717, 1.165) is 36.3 Å². The maximum atomic E-state index is 12.8. The van der Waals surface area contributed by atoms with Crippen LogP contribution in [0.25, 0.3) is 11.3 Å². The smallest absolute Gasteiger partial charge is 0.313 e. The number of hydrogen-bond acceptors (Lipinski definition) is 5. The van der Waals surface area contributed by atoms with Crippen molar-refractivity contribution >= 4 is 11.7 Å². The Kier molecular flexibility index (Phi) is 7.11. The summed E-state index contributed by atoms with van der Waals surface area (Å²) in [4.78, 5) is 24.2. The van der Waals surface area contributed by atoms with Gasteiger partial charge in [-0.2, -0.15) is 0 Å². The van der Waals surface area contributed by atoms with E-state index in [1.807, 2.05) is 0 Å². The van der Waals surface area contributed by atoms with Gasteiger partial charge in [0.05, 0.1) is 18.7 Å². The van der Waals surface area contributed by atoms with Gasteiger partial charge in [-0.3, -0.25) is 4.79 Å². The Morgan fingerprint density at radius 2 is 1.93 bits per heavy atom. The Morgan fingerprint density at radius 1 is 1.20 bits per heavy atom. The molecule has 1 aromatic carbocycles. The molecule has 1 atom stereocenters. The van der Waals surface area contributed by atoms with Crippen LogP contribution in [0, 0.1) is 5.41 Å². The molecular formula is C25H35N3O2. The summed E-state index contributed by atoms with van der Waals surface area (Å²) < 4.78 is 5.18. The van der Waals surface area contributed by atoms with Crippen LogP contribution in [0.1, 0.15) is 70.4 Å². The predicted molar refractivity (Wildman–Crippen MR) is 122 cm³/mol. The number of carbonyl (C=O) groups is 1. The minimum atomic E-state index is -0.397. The molecule has 3 rings (SSSR count). The first kappa shape index (κ1) is 22.3. The van der Waals surface area contributed by atoms with Crippen molar-refractivity contribution < 1.29 is 9.53 Å². The van der Waals surface area contributed by atoms with Crippen LogP contribution in [0.3, 0.4) is 0 Å². The Balaban J connectivity index is 2.13. The fourth-order valence-corrected chi connectivity index (χ4v) is 4.29. The molecule has 0 aliphatic carbocycles. The minimum absolute atomic E-state index is 0.0340. The quantitative estimate of drug-likeness (QED) is 0.599. The second kappa shape index (κ2) is 9.59. The lowest BCUT2D eigenvalue weighted by Gasteiger charge is -2.32. The van der Waals surface area contributed by atoms with Gasteiger partial charge < -0.3 is 9.64 Å². The van der Waals surface area contributed by atoms with Crippen LogP contribution >= 0.6 is 0 Å². The number of methoxy groups -OCH3 is 1. The van der Waals surface area contributed by atoms with Crippen LogP contribution in [-0.4, -0.2) is 36.1 Å². The first-order chi connectivity index (χ1) is 14.3. The molecule has 0 radical (unpaired) electrons. The number of piperidine rings is 1. The van der Waals surface area contributed by atoms with E-state index in [9.17, 15) is 4.79 Å². The van der Waals surface area contributed by atoms with E-state index in [2.05, 4.69) is 60.8 Å². The Bertz CT molecular complexity index is 867. The number of anilines is 1. The molecule has 2 heterocycles. The maximum absolute atomic E-state index is 12.8. The number of esters is 1. The Morgan fingerprint density at radius 3 is 2.57 bits per heavy atom. The largest absolute Gasteiger partial charge is 0.469 e. The van der Waals surface area contributed by atoms with E-state index >= 15 is 0 Å². The highest BCUT2D eigenvalue weighted by Crippen LogP contribution is 2.40. The lowest BCUT2D eigenvalue weighted by molar-refractivity contribution is -0.143. The summed E-state index contributed by atoms with van der Waals surface area (Å²) in [7, 11) is 1.46. The van der Waals surface area contributed by atoms with Crippen molar-refractivity contribution in [2.75, 3.05) is 25.1 Å². The molecule has 162 valence electrons. The molecule has 0 bridgehead atoms. The average Bonchev–Trinajstić information content (AvgIpc) is 2.76. The number of aryl methyl sites for hydroxylation is 1. The summed E-state index contributed by atoms with van der Waals surface area (Å²) in [6, 6.07) is 6.63. The van der Waals surface area contributed by atoms with Crippen molar-refractivity contribution in [3.05, 3.63) is 41.9 Å². The van der Waals surface area contributed by atoms with Crippen molar-refractivity contribution in [1.29, 1.82) is 0 Å². The lowest BCUT2D eigenvalue weighted by atomic mass is 9.80. The van der Waals surface area contributed by atoms with Gasteiger partial charge in [0.1, 0.15) is 6.33 Å². The van der Waals surface area contributed by atoms with Crippen molar-refractivity contribution in [2.45, 2.75) is 65.7 Å². The van der Waals surface area contributed by atoms with Crippen LogP contribution in [0.5, 0.6) is 0 Å². The second-order valence-electron chi connectivity index (χ2n) is 9.42. The molecule has 5 heteroatoms. The van der Waals surface area contributed by atoms with E-state index in [1.54, 1.807) is 12.5 Å². The second-order valence-corrected chi connectivity index (χ2v) is 9.42. The van der Waals surface area contributed by atoms with E-state index in [0.29, 0.717) is 6.42 Å². The van der Waals surface area contributed by atoms with E-state index in [4.69, 9.17) is 4.74 Å². The van der Waals surface area contributed by atoms with Crippen LogP contribution in [0.4, 0.5) is 5.69 Å². The average molecular weight is 410 g/mol. The van der Waals surface area contributed by atoms with Gasteiger partial charge in [0.15, 0.2) is 0 Å². The highest BCUT2D eigenvalue weighted by Gasteiger charge is 2.31. The first-order valence-electron chi connectivity index (χ1n) is 11.1. The van der Waals surface area contributed by atoms with E-state index in [1.165, 1.54) is 37.6 Å². The van der Waals surface area contributed by atoms with Gasteiger partial charge in [0.2, 0.25) is 0 Å². The summed E-state index contributed by atoms with van der Waals surface area (Å²) in [5.41, 5.74) is 5.26. The molecule has 30 heavy (non-hydrogen) atoms. The first-order valence-corrected chi connectivity index (χ1v) is 11.1. The molecule has 1 saturated heterocycles. The van der Waals surface area contributed by atoms with E-state index in [-0.39, 0.29) is 11.4 Å². The monoisotopic (exact) mass is 409 g/mol. The Hall–Kier alpha value is -2.43. The fraction of sp³-hybridized carbons (Fsp3) is 0.560. The molecular weight excluding hydrogens is 374 g/mol. The minimum Gasteiger partial charge on any atom is -0.469 e. The Labute approximate surface area is 180 Å². The third-order valence-corrected chi connectivity index (χ3v) is 5.84. The summed E-state index contributed by atoms with van der Waals surface area (Å²) >= 11 is 0. The molecule has 2 aromatic rings. The zero-order chi connectivity index (χ0) is 21.7. The highest BCUT2D eigenvalue weighted by molar-refractivity contribution is 5.85. The van der Waals surface area contributed by atoms with Crippen molar-refractivity contribution in [1.82, 2.24) is 9.97 Å². The van der Waals surface area contributed by atoms with Crippen LogP contribution in [0.15, 0.2) is 30.7 Å². The summed E-state index contributed by atoms with van der Waals surface area (Å²) in [6.45, 7) is 10.7. The van der Waals surface area contributed by atoms with Crippen LogP contribution < -0.4 is 4.90 Å². The van der Waals surface area contributed by atoms with Crippen molar-refractivity contribution in [2.24, 2.45) is 5.41 Å². The van der Waals surface area contributed by atoms with Crippen molar-refractivity contribution in [3.63, 3.8) is 0 Å². The van der Waals surface area contributed by atoms with Gasteiger partial charge in [0, 0.05) is 36.1 Å². The summed E-state index contributed by atoms with van der Waals surface area (Å²) in [5.74, 6) is -0.628. The number of benzene rings is 1. The maximum Gasteiger partial charge on any atom is 0.313 e. The van der Waals surface area contributed by atoms with Gasteiger partial charge in [-0.1, -0.05) is 39.8 Å². The van der Waals surface area contributed by atoms with Gasteiger partial charge in [-0.25, -0.2) is 9.97 Å². The van der Waals surface area contributed by atoms with Crippen LogP contribution in [-0.2, 0) is 16.0 Å². The molecule has 1 aliphatic rings. The summed E-state index contributed by atoms with van der Waals surface area (Å²) in [5, 5.41) is 0. The van der Waals surface area contributed by atoms with E-state index < -0.39 is 5.92 Å². The third-order valence-electron chi connectivity index (χ3n) is 5.84. The molecule has 0 amide bonds. The number of rotatable bonds is 6. The van der Waals surface area contributed by atoms with Gasteiger partial charge in [0.25, 0.3) is 0 Å². The number of ether oxygens (including phenoxy) is 1. The summed E-state index contributed by atoms with van der Waals surface area (Å²) in [6.07, 6.45) is 8.75. The number of carbonyl (C=O) groups excluding carboxylic acids is 1. The molecule has 1 aromatic heterocycles. The molecule has 0 spiro atoms. The fourth-order valence-electron chi connectivity index (χ4n) is 4.29. The molecule has 1 unspecified atom stereocenters. The number of aromatic nitrogens is 2. The highest BCUT2D eigenvalue weighted by atomic mass is 16.5. The third kappa shape index (κ3) is 5.18. The standard InChI is InChI=1S/C25H35N3O2/c1-6-18-10-11-19(22(14-18)28-12-8-7-9-13-28)23-21(16-26-17-27-23)20(24(29)30-5)15-25(2,3)4/h10-11,14,16-17,20H,6-9,12-13,15H2,1-5H3. The molecule has 0 saturated carbocycles. The SMILES string of the molecule is CCc1ccc(-c2ncncc2C(CC(C)(C)C)C(=O)OC)c(N2CCCCC2)c1. The number of hydrogen-bond donors (Lipinski definition) is 0. The number of nitrogens with zero attached hydrogens (tertiary/aromatic N) is 3. The predicted octanol–water partition coefficient (Wildman–Crippen LogP) is 5.39. The van der Waals surface area contributed by atoms with Gasteiger partial charge in [-0.15, -0.1) is 0 Å². The zero-order valence-electron chi connectivity index (χ0n) is 19.1. The molecule has 5 nitrogen and oxygen atoms in total. The molecule has 0 N–H and O–H groups in total. The normalized spacial score (nSPS) is 15.7. The van der Waals surface area contributed by atoms with Gasteiger partial charge in [-0.05, 0) is 49.1 Å². The van der Waals surface area contributed by atoms with Crippen LogP contribution in [0.2, 0.25) is 0 Å². The van der Waals surface area contributed by atoms with Crippen molar-refractivity contribution in [3.8, 4) is 11.3 Å². The molecule has 1 aliphatic heterocycles. The van der Waals surface area contributed by atoms with Gasteiger partial charge >= 0.3 is 5.97 Å². The lowest BCUT2D eigenvalue weighted by Crippen LogP contribution is -2.30. The topological polar surface area (TPSA) is 55.3 Å².